The Morgan fingerprint density at radius 2 is 2.29 bits per heavy atom. The second kappa shape index (κ2) is 6.28. The lowest BCUT2D eigenvalue weighted by molar-refractivity contribution is 0.0950. The number of carbonyl (C=O) groups is 1. The molecule has 1 aliphatic heterocycles. The van der Waals surface area contributed by atoms with Crippen LogP contribution in [0, 0.1) is 0 Å². The molecule has 5 nitrogen and oxygen atoms in total. The summed E-state index contributed by atoms with van der Waals surface area (Å²) in [6, 6.07) is 7.02. The summed E-state index contributed by atoms with van der Waals surface area (Å²) in [6.45, 7) is 2.51. The van der Waals surface area contributed by atoms with Crippen molar-refractivity contribution >= 4 is 17.5 Å². The number of amides is 1. The van der Waals surface area contributed by atoms with E-state index in [1.54, 1.807) is 24.3 Å². The minimum Gasteiger partial charge on any atom is -0.376 e. The molecule has 2 aromatic rings. The van der Waals surface area contributed by atoms with Gasteiger partial charge in [0.2, 0.25) is 0 Å². The van der Waals surface area contributed by atoms with Gasteiger partial charge in [-0.25, -0.2) is 0 Å². The second-order valence-corrected chi connectivity index (χ2v) is 5.29. The Morgan fingerprint density at radius 3 is 3.14 bits per heavy atom. The number of nitrogens with zero attached hydrogens (tertiary/aromatic N) is 2. The van der Waals surface area contributed by atoms with Gasteiger partial charge in [0.15, 0.2) is 0 Å². The van der Waals surface area contributed by atoms with Gasteiger partial charge in [0.25, 0.3) is 5.91 Å². The Kier molecular flexibility index (Phi) is 4.22. The minimum absolute atomic E-state index is 0.162. The average molecular weight is 306 g/mol. The summed E-state index contributed by atoms with van der Waals surface area (Å²) in [4.78, 5) is 12.0. The number of fused-ring (bicyclic) bond motifs is 1. The zero-order chi connectivity index (χ0) is 14.7. The zero-order valence-corrected chi connectivity index (χ0v) is 12.3. The van der Waals surface area contributed by atoms with Gasteiger partial charge in [0.05, 0.1) is 36.5 Å². The summed E-state index contributed by atoms with van der Waals surface area (Å²) >= 11 is 6.00. The Morgan fingerprint density at radius 1 is 1.43 bits per heavy atom. The Balaban J connectivity index is 1.58. The molecule has 0 radical (unpaired) electrons. The quantitative estimate of drug-likeness (QED) is 0.940. The molecule has 0 spiro atoms. The SMILES string of the molecule is O=C(NCCn1ncc2c1CCOC2)c1ccccc1Cl. The highest BCUT2D eigenvalue weighted by Gasteiger charge is 2.15. The van der Waals surface area contributed by atoms with Gasteiger partial charge < -0.3 is 10.1 Å². The van der Waals surface area contributed by atoms with Crippen LogP contribution in [0.2, 0.25) is 5.02 Å². The third kappa shape index (κ3) is 3.09. The maximum absolute atomic E-state index is 12.0. The predicted molar refractivity (Wildman–Crippen MR) is 79.4 cm³/mol. The Bertz CT molecular complexity index is 654. The molecule has 0 aliphatic carbocycles. The lowest BCUT2D eigenvalue weighted by Gasteiger charge is -2.15. The van der Waals surface area contributed by atoms with Gasteiger partial charge in [-0.15, -0.1) is 0 Å². The summed E-state index contributed by atoms with van der Waals surface area (Å²) in [5.41, 5.74) is 2.84. The van der Waals surface area contributed by atoms with Crippen molar-refractivity contribution in [1.29, 1.82) is 0 Å². The lowest BCUT2D eigenvalue weighted by atomic mass is 10.2. The van der Waals surface area contributed by atoms with E-state index >= 15 is 0 Å². The van der Waals surface area contributed by atoms with Crippen LogP contribution in [0.25, 0.3) is 0 Å². The van der Waals surface area contributed by atoms with Crippen molar-refractivity contribution in [3.05, 3.63) is 52.3 Å². The third-order valence-corrected chi connectivity index (χ3v) is 3.83. The normalized spacial score (nSPS) is 13.8. The predicted octanol–water partition coefficient (Wildman–Crippen LogP) is 2.04. The molecule has 1 aromatic heterocycles. The van der Waals surface area contributed by atoms with E-state index in [1.165, 1.54) is 5.69 Å². The fourth-order valence-electron chi connectivity index (χ4n) is 2.42. The molecule has 1 N–H and O–H groups in total. The van der Waals surface area contributed by atoms with Crippen LogP contribution in [0.3, 0.4) is 0 Å². The summed E-state index contributed by atoms with van der Waals surface area (Å²) < 4.78 is 7.32. The highest BCUT2D eigenvalue weighted by molar-refractivity contribution is 6.33. The van der Waals surface area contributed by atoms with E-state index in [2.05, 4.69) is 10.4 Å². The molecule has 0 bridgehead atoms. The largest absolute Gasteiger partial charge is 0.376 e. The minimum atomic E-state index is -0.162. The van der Waals surface area contributed by atoms with Gasteiger partial charge >= 0.3 is 0 Å². The van der Waals surface area contributed by atoms with Gasteiger partial charge in [0, 0.05) is 24.2 Å². The molecule has 6 heteroatoms. The first kappa shape index (κ1) is 14.1. The van der Waals surface area contributed by atoms with Crippen molar-refractivity contribution in [2.24, 2.45) is 0 Å². The molecule has 3 rings (SSSR count). The third-order valence-electron chi connectivity index (χ3n) is 3.50. The Hall–Kier alpha value is -1.85. The molecule has 1 aliphatic rings. The molecular weight excluding hydrogens is 290 g/mol. The number of aromatic nitrogens is 2. The topological polar surface area (TPSA) is 56.2 Å². The van der Waals surface area contributed by atoms with Crippen LogP contribution in [-0.2, 0) is 24.3 Å². The van der Waals surface area contributed by atoms with E-state index in [0.29, 0.717) is 30.3 Å². The van der Waals surface area contributed by atoms with Gasteiger partial charge in [-0.05, 0) is 12.1 Å². The zero-order valence-electron chi connectivity index (χ0n) is 11.5. The van der Waals surface area contributed by atoms with E-state index in [4.69, 9.17) is 16.3 Å². The van der Waals surface area contributed by atoms with Gasteiger partial charge in [0.1, 0.15) is 0 Å². The first-order valence-corrected chi connectivity index (χ1v) is 7.27. The first-order valence-electron chi connectivity index (χ1n) is 6.90. The maximum Gasteiger partial charge on any atom is 0.252 e. The van der Waals surface area contributed by atoms with Crippen molar-refractivity contribution in [3.8, 4) is 0 Å². The number of carbonyl (C=O) groups excluding carboxylic acids is 1. The number of hydrogen-bond donors (Lipinski definition) is 1. The summed E-state index contributed by atoms with van der Waals surface area (Å²) in [6.07, 6.45) is 2.71. The molecule has 0 saturated carbocycles. The second-order valence-electron chi connectivity index (χ2n) is 4.88. The highest BCUT2D eigenvalue weighted by atomic mass is 35.5. The molecule has 2 heterocycles. The molecule has 0 fully saturated rings. The average Bonchev–Trinajstić information content (AvgIpc) is 2.91. The highest BCUT2D eigenvalue weighted by Crippen LogP contribution is 2.16. The monoisotopic (exact) mass is 305 g/mol. The first-order chi connectivity index (χ1) is 10.3. The molecule has 0 unspecified atom stereocenters. The summed E-state index contributed by atoms with van der Waals surface area (Å²) in [7, 11) is 0. The van der Waals surface area contributed by atoms with Crippen molar-refractivity contribution < 1.29 is 9.53 Å². The van der Waals surface area contributed by atoms with Crippen LogP contribution in [0.4, 0.5) is 0 Å². The van der Waals surface area contributed by atoms with Crippen molar-refractivity contribution in [3.63, 3.8) is 0 Å². The number of hydrogen-bond acceptors (Lipinski definition) is 3. The fraction of sp³-hybridized carbons (Fsp3) is 0.333. The van der Waals surface area contributed by atoms with Crippen molar-refractivity contribution in [1.82, 2.24) is 15.1 Å². The van der Waals surface area contributed by atoms with Crippen LogP contribution in [0.5, 0.6) is 0 Å². The molecule has 21 heavy (non-hydrogen) atoms. The summed E-state index contributed by atoms with van der Waals surface area (Å²) in [5.74, 6) is -0.162. The molecule has 110 valence electrons. The molecule has 1 aromatic carbocycles. The fourth-order valence-corrected chi connectivity index (χ4v) is 2.64. The standard InChI is InChI=1S/C15H16ClN3O2/c16-13-4-2-1-3-12(13)15(20)17-6-7-19-14-5-8-21-10-11(14)9-18-19/h1-4,9H,5-8,10H2,(H,17,20). The molecule has 0 saturated heterocycles. The molecule has 0 atom stereocenters. The van der Waals surface area contributed by atoms with Crippen molar-refractivity contribution in [2.45, 2.75) is 19.6 Å². The summed E-state index contributed by atoms with van der Waals surface area (Å²) in [5, 5.41) is 7.68. The van der Waals surface area contributed by atoms with E-state index in [9.17, 15) is 4.79 Å². The van der Waals surface area contributed by atoms with Gasteiger partial charge in [-0.1, -0.05) is 23.7 Å². The molecular formula is C15H16ClN3O2. The van der Waals surface area contributed by atoms with Crippen LogP contribution in [-0.4, -0.2) is 28.8 Å². The molecule has 1 amide bonds. The number of ether oxygens (including phenoxy) is 1. The van der Waals surface area contributed by atoms with Gasteiger partial charge in [-0.2, -0.15) is 5.10 Å². The van der Waals surface area contributed by atoms with Crippen LogP contribution < -0.4 is 5.32 Å². The van der Waals surface area contributed by atoms with E-state index in [-0.39, 0.29) is 5.91 Å². The van der Waals surface area contributed by atoms with E-state index in [0.717, 1.165) is 18.6 Å². The van der Waals surface area contributed by atoms with Crippen molar-refractivity contribution in [2.75, 3.05) is 13.2 Å². The van der Waals surface area contributed by atoms with Gasteiger partial charge in [-0.3, -0.25) is 9.48 Å². The Labute approximate surface area is 127 Å². The van der Waals surface area contributed by atoms with Crippen LogP contribution >= 0.6 is 11.6 Å². The van der Waals surface area contributed by atoms with E-state index in [1.807, 2.05) is 10.9 Å². The number of nitrogens with one attached hydrogen (secondary N) is 1. The maximum atomic E-state index is 12.0. The van der Waals surface area contributed by atoms with Crippen LogP contribution in [0.15, 0.2) is 30.5 Å². The number of halogens is 1. The number of benzene rings is 1. The smallest absolute Gasteiger partial charge is 0.252 e. The lowest BCUT2D eigenvalue weighted by Crippen LogP contribution is -2.28. The number of rotatable bonds is 4. The van der Waals surface area contributed by atoms with Crippen LogP contribution in [0.1, 0.15) is 21.6 Å². The van der Waals surface area contributed by atoms with E-state index < -0.39 is 0 Å².